The van der Waals surface area contributed by atoms with Crippen LogP contribution in [0.4, 0.5) is 0 Å². The molecule has 0 aromatic carbocycles. The molecule has 0 saturated carbocycles. The Bertz CT molecular complexity index is 520. The van der Waals surface area contributed by atoms with Gasteiger partial charge in [-0.3, -0.25) is 9.59 Å². The van der Waals surface area contributed by atoms with Gasteiger partial charge in [-0.25, -0.2) is 0 Å². The second-order valence-corrected chi connectivity index (χ2v) is 7.71. The molecule has 1 atom stereocenters. The molecule has 5 nitrogen and oxygen atoms in total. The number of hydrogen-bond donors (Lipinski definition) is 2. The normalized spacial score (nSPS) is 17.3. The SMILES string of the molecule is CC(C)(C)[C@H](N)C(=O)N1CCC(NC(=O)c2ccsc2)CC1.Cl. The summed E-state index contributed by atoms with van der Waals surface area (Å²) in [6, 6.07) is 1.47. The Morgan fingerprint density at radius 3 is 2.43 bits per heavy atom. The number of carbonyl (C=O) groups is 2. The molecule has 1 aliphatic rings. The summed E-state index contributed by atoms with van der Waals surface area (Å²) in [4.78, 5) is 26.2. The number of halogens is 1. The van der Waals surface area contributed by atoms with Gasteiger partial charge in [0.1, 0.15) is 0 Å². The zero-order valence-electron chi connectivity index (χ0n) is 13.9. The van der Waals surface area contributed by atoms with Crippen LogP contribution in [0.3, 0.4) is 0 Å². The monoisotopic (exact) mass is 359 g/mol. The van der Waals surface area contributed by atoms with Crippen LogP contribution in [0.5, 0.6) is 0 Å². The van der Waals surface area contributed by atoms with Crippen LogP contribution in [0.15, 0.2) is 16.8 Å². The molecule has 2 rings (SSSR count). The first-order valence-electron chi connectivity index (χ1n) is 7.66. The summed E-state index contributed by atoms with van der Waals surface area (Å²) < 4.78 is 0. The number of hydrogen-bond acceptors (Lipinski definition) is 4. The van der Waals surface area contributed by atoms with Crippen LogP contribution in [0.1, 0.15) is 44.0 Å². The minimum Gasteiger partial charge on any atom is -0.349 e. The van der Waals surface area contributed by atoms with E-state index < -0.39 is 6.04 Å². The van der Waals surface area contributed by atoms with Crippen molar-refractivity contribution < 1.29 is 9.59 Å². The van der Waals surface area contributed by atoms with E-state index in [1.54, 1.807) is 0 Å². The molecule has 3 N–H and O–H groups in total. The maximum Gasteiger partial charge on any atom is 0.252 e. The number of nitrogens with zero attached hydrogens (tertiary/aromatic N) is 1. The van der Waals surface area contributed by atoms with Crippen molar-refractivity contribution in [3.63, 3.8) is 0 Å². The average molecular weight is 360 g/mol. The van der Waals surface area contributed by atoms with Crippen LogP contribution in [0, 0.1) is 5.41 Å². The standard InChI is InChI=1S/C16H25N3O2S.ClH/c1-16(2,3)13(17)15(21)19-7-4-12(5-8-19)18-14(20)11-6-9-22-10-11;/h6,9-10,12-13H,4-5,7-8,17H2,1-3H3,(H,18,20);1H/t13-;/m1./s1. The van der Waals surface area contributed by atoms with Crippen molar-refractivity contribution in [1.29, 1.82) is 0 Å². The van der Waals surface area contributed by atoms with Gasteiger partial charge in [0.15, 0.2) is 0 Å². The number of thiophene rings is 1. The van der Waals surface area contributed by atoms with E-state index in [0.717, 1.165) is 12.8 Å². The van der Waals surface area contributed by atoms with Gasteiger partial charge in [0.2, 0.25) is 5.91 Å². The van der Waals surface area contributed by atoms with E-state index in [0.29, 0.717) is 18.7 Å². The lowest BCUT2D eigenvalue weighted by Gasteiger charge is -2.36. The average Bonchev–Trinajstić information content (AvgIpc) is 3.00. The van der Waals surface area contributed by atoms with Gasteiger partial charge in [-0.2, -0.15) is 11.3 Å². The lowest BCUT2D eigenvalue weighted by Crippen LogP contribution is -2.54. The third-order valence-electron chi connectivity index (χ3n) is 4.12. The van der Waals surface area contributed by atoms with E-state index >= 15 is 0 Å². The van der Waals surface area contributed by atoms with E-state index in [2.05, 4.69) is 5.32 Å². The molecule has 1 aliphatic heterocycles. The quantitative estimate of drug-likeness (QED) is 0.869. The summed E-state index contributed by atoms with van der Waals surface area (Å²) in [7, 11) is 0. The molecule has 7 heteroatoms. The first-order valence-corrected chi connectivity index (χ1v) is 8.61. The highest BCUT2D eigenvalue weighted by atomic mass is 35.5. The van der Waals surface area contributed by atoms with Gasteiger partial charge in [0, 0.05) is 30.1 Å². The van der Waals surface area contributed by atoms with Crippen molar-refractivity contribution in [2.45, 2.75) is 45.7 Å². The minimum atomic E-state index is -0.482. The largest absolute Gasteiger partial charge is 0.349 e. The maximum atomic E-state index is 12.4. The van der Waals surface area contributed by atoms with Crippen molar-refractivity contribution in [2.24, 2.45) is 11.1 Å². The first kappa shape index (κ1) is 19.9. The molecular formula is C16H26ClN3O2S. The van der Waals surface area contributed by atoms with Crippen molar-refractivity contribution >= 4 is 35.6 Å². The highest BCUT2D eigenvalue weighted by Crippen LogP contribution is 2.21. The van der Waals surface area contributed by atoms with Gasteiger partial charge in [0.05, 0.1) is 6.04 Å². The fraction of sp³-hybridized carbons (Fsp3) is 0.625. The lowest BCUT2D eigenvalue weighted by molar-refractivity contribution is -0.136. The van der Waals surface area contributed by atoms with Gasteiger partial charge in [-0.15, -0.1) is 12.4 Å². The third-order valence-corrected chi connectivity index (χ3v) is 4.81. The maximum absolute atomic E-state index is 12.4. The van der Waals surface area contributed by atoms with Gasteiger partial charge < -0.3 is 16.0 Å². The number of carbonyl (C=O) groups excluding carboxylic acids is 2. The number of amides is 2. The van der Waals surface area contributed by atoms with Crippen molar-refractivity contribution in [1.82, 2.24) is 10.2 Å². The van der Waals surface area contributed by atoms with Gasteiger partial charge >= 0.3 is 0 Å². The van der Waals surface area contributed by atoms with Crippen LogP contribution < -0.4 is 11.1 Å². The molecule has 2 amide bonds. The zero-order chi connectivity index (χ0) is 16.3. The molecule has 0 spiro atoms. The van der Waals surface area contributed by atoms with Crippen LogP contribution in [-0.2, 0) is 4.79 Å². The summed E-state index contributed by atoms with van der Waals surface area (Å²) in [5.74, 6) is -0.0208. The molecule has 1 aromatic rings. The third kappa shape index (κ3) is 5.19. The zero-order valence-corrected chi connectivity index (χ0v) is 15.5. The van der Waals surface area contributed by atoms with E-state index in [1.165, 1.54) is 11.3 Å². The molecule has 0 bridgehead atoms. The van der Waals surface area contributed by atoms with Gasteiger partial charge in [-0.1, -0.05) is 20.8 Å². The van der Waals surface area contributed by atoms with Gasteiger partial charge in [0.25, 0.3) is 5.91 Å². The number of likely N-dealkylation sites (tertiary alicyclic amines) is 1. The summed E-state index contributed by atoms with van der Waals surface area (Å²) in [5, 5.41) is 6.78. The molecule has 0 radical (unpaired) electrons. The summed E-state index contributed by atoms with van der Waals surface area (Å²) in [6.07, 6.45) is 1.55. The molecule has 130 valence electrons. The van der Waals surface area contributed by atoms with E-state index in [1.807, 2.05) is 42.5 Å². The summed E-state index contributed by atoms with van der Waals surface area (Å²) >= 11 is 1.51. The molecule has 1 fully saturated rings. The molecule has 0 unspecified atom stereocenters. The number of rotatable bonds is 3. The Hall–Kier alpha value is -1.11. The second kappa shape index (κ2) is 8.13. The number of nitrogens with two attached hydrogens (primary N) is 1. The molecule has 1 saturated heterocycles. The number of nitrogens with one attached hydrogen (secondary N) is 1. The Balaban J connectivity index is 0.00000264. The summed E-state index contributed by atoms with van der Waals surface area (Å²) in [6.45, 7) is 7.23. The van der Waals surface area contributed by atoms with Crippen LogP contribution in [-0.4, -0.2) is 41.9 Å². The Kier molecular flexibility index (Phi) is 7.04. The van der Waals surface area contributed by atoms with Crippen molar-refractivity contribution in [3.05, 3.63) is 22.4 Å². The predicted octanol–water partition coefficient (Wildman–Crippen LogP) is 2.26. The summed E-state index contributed by atoms with van der Waals surface area (Å²) in [5.41, 5.74) is 6.52. The molecule has 1 aromatic heterocycles. The van der Waals surface area contributed by atoms with E-state index in [-0.39, 0.29) is 35.7 Å². The van der Waals surface area contributed by atoms with Crippen LogP contribution >= 0.6 is 23.7 Å². The molecule has 0 aliphatic carbocycles. The fourth-order valence-electron chi connectivity index (χ4n) is 2.47. The lowest BCUT2D eigenvalue weighted by atomic mass is 9.86. The first-order chi connectivity index (χ1) is 10.3. The second-order valence-electron chi connectivity index (χ2n) is 6.93. The Morgan fingerprint density at radius 1 is 1.35 bits per heavy atom. The van der Waals surface area contributed by atoms with Crippen LogP contribution in [0.25, 0.3) is 0 Å². The fourth-order valence-corrected chi connectivity index (χ4v) is 3.11. The van der Waals surface area contributed by atoms with Gasteiger partial charge in [-0.05, 0) is 29.7 Å². The van der Waals surface area contributed by atoms with Crippen LogP contribution in [0.2, 0.25) is 0 Å². The predicted molar refractivity (Wildman–Crippen MR) is 96.1 cm³/mol. The van der Waals surface area contributed by atoms with E-state index in [9.17, 15) is 9.59 Å². The minimum absolute atomic E-state index is 0. The molecular weight excluding hydrogens is 334 g/mol. The Labute approximate surface area is 148 Å². The molecule has 2 heterocycles. The smallest absolute Gasteiger partial charge is 0.252 e. The Morgan fingerprint density at radius 2 is 1.96 bits per heavy atom. The van der Waals surface area contributed by atoms with E-state index in [4.69, 9.17) is 5.73 Å². The highest BCUT2D eigenvalue weighted by Gasteiger charge is 2.33. The highest BCUT2D eigenvalue weighted by molar-refractivity contribution is 7.08. The van der Waals surface area contributed by atoms with Crippen molar-refractivity contribution in [2.75, 3.05) is 13.1 Å². The topological polar surface area (TPSA) is 75.4 Å². The van der Waals surface area contributed by atoms with Crippen molar-refractivity contribution in [3.8, 4) is 0 Å². The number of piperidine rings is 1. The molecule has 23 heavy (non-hydrogen) atoms.